The third kappa shape index (κ3) is 2.84. The average Bonchev–Trinajstić information content (AvgIpc) is 2.16. The molecule has 0 saturated heterocycles. The second-order valence-corrected chi connectivity index (χ2v) is 3.80. The lowest BCUT2D eigenvalue weighted by Gasteiger charge is -2.06. The standard InChI is InChI=1S/C11H13BrO2/c1-3-11(13)8-5-9(12)7-10(6-8)14-4-2/h5-7H,3-4H2,1-2H3. The first-order valence-electron chi connectivity index (χ1n) is 4.64. The molecule has 0 N–H and O–H groups in total. The van der Waals surface area contributed by atoms with E-state index in [1.54, 1.807) is 6.07 Å². The Bertz CT molecular complexity index is 334. The zero-order chi connectivity index (χ0) is 10.6. The van der Waals surface area contributed by atoms with Gasteiger partial charge in [-0.05, 0) is 25.1 Å². The van der Waals surface area contributed by atoms with Gasteiger partial charge in [0.25, 0.3) is 0 Å². The van der Waals surface area contributed by atoms with E-state index in [0.29, 0.717) is 18.6 Å². The van der Waals surface area contributed by atoms with Crippen LogP contribution in [0.15, 0.2) is 22.7 Å². The Kier molecular flexibility index (Phi) is 4.14. The molecule has 0 unspecified atom stereocenters. The summed E-state index contributed by atoms with van der Waals surface area (Å²) in [5, 5.41) is 0. The fourth-order valence-corrected chi connectivity index (χ4v) is 1.65. The molecule has 1 aromatic carbocycles. The van der Waals surface area contributed by atoms with Gasteiger partial charge in [0.1, 0.15) is 5.75 Å². The van der Waals surface area contributed by atoms with E-state index < -0.39 is 0 Å². The average molecular weight is 257 g/mol. The summed E-state index contributed by atoms with van der Waals surface area (Å²) in [6.07, 6.45) is 0.516. The van der Waals surface area contributed by atoms with Crippen LogP contribution in [0.3, 0.4) is 0 Å². The number of Topliss-reactive ketones (excluding diaryl/α,β-unsaturated/α-hetero) is 1. The van der Waals surface area contributed by atoms with Crippen molar-refractivity contribution in [2.24, 2.45) is 0 Å². The molecule has 3 heteroatoms. The highest BCUT2D eigenvalue weighted by Gasteiger charge is 2.06. The predicted molar refractivity (Wildman–Crippen MR) is 59.9 cm³/mol. The van der Waals surface area contributed by atoms with Crippen molar-refractivity contribution < 1.29 is 9.53 Å². The van der Waals surface area contributed by atoms with Gasteiger partial charge in [0.2, 0.25) is 0 Å². The van der Waals surface area contributed by atoms with E-state index in [4.69, 9.17) is 4.74 Å². The van der Waals surface area contributed by atoms with Crippen molar-refractivity contribution in [1.29, 1.82) is 0 Å². The Hall–Kier alpha value is -0.830. The maximum atomic E-state index is 11.4. The molecule has 2 nitrogen and oxygen atoms in total. The van der Waals surface area contributed by atoms with E-state index in [1.807, 2.05) is 26.0 Å². The lowest BCUT2D eigenvalue weighted by Crippen LogP contribution is -1.98. The van der Waals surface area contributed by atoms with E-state index in [-0.39, 0.29) is 5.78 Å². The Labute approximate surface area is 92.4 Å². The van der Waals surface area contributed by atoms with Crippen LogP contribution in [0, 0.1) is 0 Å². The molecule has 0 fully saturated rings. The quantitative estimate of drug-likeness (QED) is 0.772. The molecule has 0 amide bonds. The van der Waals surface area contributed by atoms with Gasteiger partial charge in [0.15, 0.2) is 5.78 Å². The van der Waals surface area contributed by atoms with Crippen LogP contribution >= 0.6 is 15.9 Å². The Morgan fingerprint density at radius 3 is 2.64 bits per heavy atom. The lowest BCUT2D eigenvalue weighted by molar-refractivity contribution is 0.0987. The molecule has 0 heterocycles. The molecule has 0 aliphatic rings. The van der Waals surface area contributed by atoms with Gasteiger partial charge in [-0.2, -0.15) is 0 Å². The highest BCUT2D eigenvalue weighted by molar-refractivity contribution is 9.10. The molecule has 0 atom stereocenters. The molecule has 0 spiro atoms. The van der Waals surface area contributed by atoms with E-state index in [9.17, 15) is 4.79 Å². The Morgan fingerprint density at radius 2 is 2.07 bits per heavy atom. The number of carbonyl (C=O) groups is 1. The minimum absolute atomic E-state index is 0.132. The van der Waals surface area contributed by atoms with E-state index in [1.165, 1.54) is 0 Å². The molecule has 14 heavy (non-hydrogen) atoms. The molecule has 0 bridgehead atoms. The molecule has 0 aliphatic heterocycles. The largest absolute Gasteiger partial charge is 0.494 e. The van der Waals surface area contributed by atoms with Crippen LogP contribution in [0.5, 0.6) is 5.75 Å². The number of carbonyl (C=O) groups excluding carboxylic acids is 1. The third-order valence-corrected chi connectivity index (χ3v) is 2.28. The molecule has 76 valence electrons. The maximum absolute atomic E-state index is 11.4. The van der Waals surface area contributed by atoms with Crippen molar-refractivity contribution in [1.82, 2.24) is 0 Å². The summed E-state index contributed by atoms with van der Waals surface area (Å²) in [6, 6.07) is 5.45. The zero-order valence-electron chi connectivity index (χ0n) is 8.34. The number of hydrogen-bond acceptors (Lipinski definition) is 2. The van der Waals surface area contributed by atoms with Crippen molar-refractivity contribution in [3.63, 3.8) is 0 Å². The molecule has 0 aliphatic carbocycles. The smallest absolute Gasteiger partial charge is 0.162 e. The fraction of sp³-hybridized carbons (Fsp3) is 0.364. The SMILES string of the molecule is CCOc1cc(Br)cc(C(=O)CC)c1. The summed E-state index contributed by atoms with van der Waals surface area (Å²) in [7, 11) is 0. The summed E-state index contributed by atoms with van der Waals surface area (Å²) in [6.45, 7) is 4.38. The van der Waals surface area contributed by atoms with Gasteiger partial charge in [-0.15, -0.1) is 0 Å². The molecule has 1 aromatic rings. The van der Waals surface area contributed by atoms with Gasteiger partial charge in [0, 0.05) is 16.5 Å². The second-order valence-electron chi connectivity index (χ2n) is 2.89. The topological polar surface area (TPSA) is 26.3 Å². The first kappa shape index (κ1) is 11.2. The number of benzene rings is 1. The lowest BCUT2D eigenvalue weighted by atomic mass is 10.1. The van der Waals surface area contributed by atoms with Crippen molar-refractivity contribution in [3.05, 3.63) is 28.2 Å². The van der Waals surface area contributed by atoms with Crippen molar-refractivity contribution in [2.75, 3.05) is 6.61 Å². The number of ether oxygens (including phenoxy) is 1. The van der Waals surface area contributed by atoms with E-state index in [0.717, 1.165) is 10.2 Å². The fourth-order valence-electron chi connectivity index (χ4n) is 1.18. The van der Waals surface area contributed by atoms with E-state index >= 15 is 0 Å². The summed E-state index contributed by atoms with van der Waals surface area (Å²) in [5.41, 5.74) is 0.699. The summed E-state index contributed by atoms with van der Waals surface area (Å²) < 4.78 is 6.22. The van der Waals surface area contributed by atoms with Crippen LogP contribution in [0.2, 0.25) is 0 Å². The monoisotopic (exact) mass is 256 g/mol. The van der Waals surface area contributed by atoms with Crippen LogP contribution in [0.25, 0.3) is 0 Å². The Morgan fingerprint density at radius 1 is 1.36 bits per heavy atom. The first-order valence-corrected chi connectivity index (χ1v) is 5.43. The van der Waals surface area contributed by atoms with Gasteiger partial charge in [-0.1, -0.05) is 22.9 Å². The second kappa shape index (κ2) is 5.15. The van der Waals surface area contributed by atoms with Crippen molar-refractivity contribution in [2.45, 2.75) is 20.3 Å². The molecule has 1 rings (SSSR count). The van der Waals surface area contributed by atoms with Gasteiger partial charge < -0.3 is 4.74 Å². The zero-order valence-corrected chi connectivity index (χ0v) is 9.93. The number of halogens is 1. The van der Waals surface area contributed by atoms with Crippen LogP contribution in [0.4, 0.5) is 0 Å². The predicted octanol–water partition coefficient (Wildman–Crippen LogP) is 3.44. The molecule has 0 aromatic heterocycles. The van der Waals surface area contributed by atoms with Gasteiger partial charge in [0.05, 0.1) is 6.61 Å². The highest BCUT2D eigenvalue weighted by atomic mass is 79.9. The van der Waals surface area contributed by atoms with Crippen LogP contribution in [-0.2, 0) is 0 Å². The van der Waals surface area contributed by atoms with Crippen LogP contribution in [-0.4, -0.2) is 12.4 Å². The number of rotatable bonds is 4. The molecule has 0 saturated carbocycles. The summed E-state index contributed by atoms with van der Waals surface area (Å²) in [5.74, 6) is 0.867. The summed E-state index contributed by atoms with van der Waals surface area (Å²) in [4.78, 5) is 11.4. The van der Waals surface area contributed by atoms with Crippen molar-refractivity contribution in [3.8, 4) is 5.75 Å². The number of hydrogen-bond donors (Lipinski definition) is 0. The highest BCUT2D eigenvalue weighted by Crippen LogP contribution is 2.22. The van der Waals surface area contributed by atoms with Gasteiger partial charge in [-0.25, -0.2) is 0 Å². The van der Waals surface area contributed by atoms with Crippen LogP contribution < -0.4 is 4.74 Å². The van der Waals surface area contributed by atoms with Gasteiger partial charge in [-0.3, -0.25) is 4.79 Å². The Balaban J connectivity index is 3.00. The van der Waals surface area contributed by atoms with Gasteiger partial charge >= 0.3 is 0 Å². The first-order chi connectivity index (χ1) is 6.67. The maximum Gasteiger partial charge on any atom is 0.162 e. The molecule has 0 radical (unpaired) electrons. The minimum Gasteiger partial charge on any atom is -0.494 e. The van der Waals surface area contributed by atoms with Crippen molar-refractivity contribution >= 4 is 21.7 Å². The number of ketones is 1. The van der Waals surface area contributed by atoms with E-state index in [2.05, 4.69) is 15.9 Å². The third-order valence-electron chi connectivity index (χ3n) is 1.83. The molecular weight excluding hydrogens is 244 g/mol. The normalized spacial score (nSPS) is 9.93. The summed E-state index contributed by atoms with van der Waals surface area (Å²) >= 11 is 3.35. The minimum atomic E-state index is 0.132. The van der Waals surface area contributed by atoms with Crippen LogP contribution in [0.1, 0.15) is 30.6 Å². The molecular formula is C11H13BrO2.